The second-order valence-electron chi connectivity index (χ2n) is 16.8. The van der Waals surface area contributed by atoms with Gasteiger partial charge >= 0.3 is 12.0 Å². The third-order valence-corrected chi connectivity index (χ3v) is 13.5. The van der Waals surface area contributed by atoms with Gasteiger partial charge in [0.2, 0.25) is 12.3 Å². The fraction of sp³-hybridized carbons (Fsp3) is 0.633. The van der Waals surface area contributed by atoms with E-state index in [-0.39, 0.29) is 18.5 Å². The van der Waals surface area contributed by atoms with E-state index >= 15 is 0 Å². The molecule has 376 valence electrons. The summed E-state index contributed by atoms with van der Waals surface area (Å²) in [5.41, 5.74) is 7.21. The fourth-order valence-electron chi connectivity index (χ4n) is 7.20. The number of allylic oxidation sites excluding steroid dienone is 2. The molecule has 0 radical (unpaired) electrons. The van der Waals surface area contributed by atoms with Crippen LogP contribution in [0.4, 0.5) is 9.93 Å². The number of carboxylic acid groups (broad SMARTS) is 1. The van der Waals surface area contributed by atoms with Gasteiger partial charge in [0.1, 0.15) is 17.0 Å². The standard InChI is InChI=1S/C18H21N3O2S.C12H23N3O2S.C10H18O2.C7H12N2O2.C2H6/c1-11(2)19-18-21-13(10-24-18)7-12-8-17(23-4)15-6-5-14(22-3)9-16(15)20-12;1-2-13-12(16)14-11(10-5-6-10)9-15-7-3-4-8-18(15)17;1-2-3-4-5-6-7-8-9-10(11)12;1-7(6(8)11)3-2-4-9(7)5-10;1-2/h5-6,8-11H,7H2,1-4H3,(H,19,21);10-11H,2-9H2,1H3,(H2,13,14,16);6-7H,2-5,8-9H2,1H3,(H,11,12);5H,2-4H2,1H3,(H2,8,11);1-2H3/b;;7-6-;;. The first-order chi connectivity index (χ1) is 32.2. The van der Waals surface area contributed by atoms with Crippen molar-refractivity contribution in [2.24, 2.45) is 11.7 Å². The number of amides is 4. The van der Waals surface area contributed by atoms with Crippen LogP contribution in [0, 0.1) is 5.92 Å². The summed E-state index contributed by atoms with van der Waals surface area (Å²) in [6.07, 6.45) is 17.2. The monoisotopic (exact) mass is 973 g/mol. The van der Waals surface area contributed by atoms with Crippen LogP contribution in [0.5, 0.6) is 11.5 Å². The number of urea groups is 1. The van der Waals surface area contributed by atoms with Crippen molar-refractivity contribution in [2.75, 3.05) is 51.5 Å². The maximum absolute atomic E-state index is 11.9. The molecule has 4 heterocycles. The summed E-state index contributed by atoms with van der Waals surface area (Å²) in [4.78, 5) is 53.9. The number of carbonyl (C=O) groups is 4. The molecule has 1 aliphatic carbocycles. The molecule has 6 rings (SSSR count). The van der Waals surface area contributed by atoms with Crippen LogP contribution in [0.2, 0.25) is 0 Å². The first kappa shape index (κ1) is 58.3. The first-order valence-electron chi connectivity index (χ1n) is 24.0. The minimum Gasteiger partial charge on any atom is -0.497 e. The van der Waals surface area contributed by atoms with E-state index in [1.54, 1.807) is 32.5 Å². The quantitative estimate of drug-likeness (QED) is 0.0411. The van der Waals surface area contributed by atoms with Gasteiger partial charge in [-0.2, -0.15) is 0 Å². The lowest BCUT2D eigenvalue weighted by Crippen LogP contribution is -2.50. The number of aromatic nitrogens is 2. The lowest BCUT2D eigenvalue weighted by molar-refractivity contribution is -0.136. The number of benzene rings is 1. The summed E-state index contributed by atoms with van der Waals surface area (Å²) in [6, 6.07) is 8.21. The number of carbonyl (C=O) groups excluding carboxylic acids is 3. The van der Waals surface area contributed by atoms with Crippen molar-refractivity contribution < 1.29 is 38.0 Å². The molecule has 67 heavy (non-hydrogen) atoms. The van der Waals surface area contributed by atoms with Gasteiger partial charge in [0.15, 0.2) is 5.13 Å². The number of rotatable bonds is 20. The largest absolute Gasteiger partial charge is 0.497 e. The average Bonchev–Trinajstić information content (AvgIpc) is 3.96. The molecule has 3 fully saturated rings. The van der Waals surface area contributed by atoms with Crippen LogP contribution in [0.25, 0.3) is 10.9 Å². The number of likely N-dealkylation sites (tertiary alicyclic amines) is 1. The number of nitrogens with two attached hydrogens (primary N) is 1. The zero-order chi connectivity index (χ0) is 49.8. The molecule has 6 N–H and O–H groups in total. The number of methoxy groups -OCH3 is 2. The molecule has 2 aromatic heterocycles. The number of primary amides is 1. The Morgan fingerprint density at radius 3 is 2.33 bits per heavy atom. The molecular weight excluding hydrogens is 893 g/mol. The molecule has 2 saturated heterocycles. The Labute approximate surface area is 406 Å². The van der Waals surface area contributed by atoms with Gasteiger partial charge in [-0.05, 0) is 104 Å². The van der Waals surface area contributed by atoms with E-state index in [2.05, 4.69) is 53.2 Å². The summed E-state index contributed by atoms with van der Waals surface area (Å²) in [6.45, 7) is 16.9. The third kappa shape index (κ3) is 21.4. The highest BCUT2D eigenvalue weighted by Gasteiger charge is 2.41. The molecule has 3 aromatic rings. The molecule has 0 bridgehead atoms. The maximum Gasteiger partial charge on any atom is 0.315 e. The van der Waals surface area contributed by atoms with Crippen LogP contribution in [0.15, 0.2) is 41.8 Å². The van der Waals surface area contributed by atoms with Gasteiger partial charge in [-0.3, -0.25) is 19.4 Å². The number of nitrogens with zero attached hydrogens (tertiary/aromatic N) is 4. The Morgan fingerprint density at radius 1 is 1.01 bits per heavy atom. The fourth-order valence-corrected chi connectivity index (χ4v) is 9.43. The normalized spacial score (nSPS) is 18.1. The van der Waals surface area contributed by atoms with Gasteiger partial charge in [-0.15, -0.1) is 11.3 Å². The van der Waals surface area contributed by atoms with E-state index in [0.717, 1.165) is 83.4 Å². The number of anilines is 1. The van der Waals surface area contributed by atoms with Crippen LogP contribution in [0.1, 0.15) is 137 Å². The van der Waals surface area contributed by atoms with Crippen molar-refractivity contribution in [1.29, 1.82) is 0 Å². The van der Waals surface area contributed by atoms with Crippen molar-refractivity contribution >= 4 is 62.7 Å². The second kappa shape index (κ2) is 32.0. The lowest BCUT2D eigenvalue weighted by atomic mass is 9.99. The van der Waals surface area contributed by atoms with Gasteiger partial charge in [-0.25, -0.2) is 18.3 Å². The summed E-state index contributed by atoms with van der Waals surface area (Å²) in [7, 11) is 2.49. The van der Waals surface area contributed by atoms with Crippen LogP contribution >= 0.6 is 11.3 Å². The second-order valence-corrected chi connectivity index (χ2v) is 19.3. The van der Waals surface area contributed by atoms with Crippen molar-refractivity contribution in [1.82, 2.24) is 29.8 Å². The van der Waals surface area contributed by atoms with E-state index in [1.807, 2.05) is 55.4 Å². The Bertz CT molecular complexity index is 1990. The summed E-state index contributed by atoms with van der Waals surface area (Å²) >= 11 is 1.62. The summed E-state index contributed by atoms with van der Waals surface area (Å²) in [5, 5.41) is 21.4. The molecular formula is C49H80N8O8S2. The Balaban J connectivity index is 0.000000318. The van der Waals surface area contributed by atoms with E-state index in [4.69, 9.17) is 25.3 Å². The number of hydrogen-bond donors (Lipinski definition) is 5. The minimum atomic E-state index is -0.844. The highest BCUT2D eigenvalue weighted by atomic mass is 32.2. The van der Waals surface area contributed by atoms with Crippen molar-refractivity contribution in [3.05, 3.63) is 53.2 Å². The molecule has 16 nitrogen and oxygen atoms in total. The number of ether oxygens (including phenoxy) is 2. The topological polar surface area (TPSA) is 218 Å². The Hall–Kier alpha value is -4.81. The molecule has 1 aromatic carbocycles. The molecule has 3 unspecified atom stereocenters. The molecule has 3 aliphatic rings. The molecule has 3 atom stereocenters. The van der Waals surface area contributed by atoms with Gasteiger partial charge in [0.05, 0.1) is 42.1 Å². The van der Waals surface area contributed by atoms with Crippen LogP contribution < -0.4 is 31.2 Å². The van der Waals surface area contributed by atoms with Crippen molar-refractivity contribution in [2.45, 2.75) is 150 Å². The van der Waals surface area contributed by atoms with Gasteiger partial charge in [0, 0.05) is 79.8 Å². The zero-order valence-electron chi connectivity index (χ0n) is 41.6. The molecule has 18 heteroatoms. The predicted octanol–water partition coefficient (Wildman–Crippen LogP) is 8.46. The number of thiazole rings is 1. The van der Waals surface area contributed by atoms with Crippen LogP contribution in [0.3, 0.4) is 0 Å². The smallest absolute Gasteiger partial charge is 0.315 e. The van der Waals surface area contributed by atoms with Crippen molar-refractivity contribution in [3.63, 3.8) is 0 Å². The Morgan fingerprint density at radius 2 is 1.75 bits per heavy atom. The average molecular weight is 973 g/mol. The first-order valence-corrected chi connectivity index (χ1v) is 26.1. The van der Waals surface area contributed by atoms with E-state index in [0.29, 0.717) is 50.7 Å². The number of nitrogens with one attached hydrogen (secondary N) is 3. The van der Waals surface area contributed by atoms with Crippen LogP contribution in [-0.4, -0.2) is 117 Å². The number of pyridine rings is 1. The highest BCUT2D eigenvalue weighted by Crippen LogP contribution is 2.34. The van der Waals surface area contributed by atoms with Gasteiger partial charge in [-0.1, -0.05) is 45.8 Å². The Kier molecular flexibility index (Phi) is 27.9. The van der Waals surface area contributed by atoms with Gasteiger partial charge in [0.25, 0.3) is 0 Å². The molecule has 4 amide bonds. The third-order valence-electron chi connectivity index (χ3n) is 11.1. The summed E-state index contributed by atoms with van der Waals surface area (Å²) < 4.78 is 24.7. The number of unbranched alkanes of at least 4 members (excludes halogenated alkanes) is 3. The molecule has 1 saturated carbocycles. The highest BCUT2D eigenvalue weighted by molar-refractivity contribution is 7.82. The molecule has 0 spiro atoms. The van der Waals surface area contributed by atoms with Gasteiger partial charge < -0.3 is 41.2 Å². The maximum atomic E-state index is 11.9. The number of carboxylic acids is 1. The van der Waals surface area contributed by atoms with E-state index < -0.39 is 28.4 Å². The minimum absolute atomic E-state index is 0.0998. The van der Waals surface area contributed by atoms with Crippen LogP contribution in [-0.2, 0) is 31.8 Å². The number of fused-ring (bicyclic) bond motifs is 1. The predicted molar refractivity (Wildman–Crippen MR) is 272 cm³/mol. The van der Waals surface area contributed by atoms with E-state index in [9.17, 15) is 23.4 Å². The zero-order valence-corrected chi connectivity index (χ0v) is 43.2. The molecule has 2 aliphatic heterocycles. The summed E-state index contributed by atoms with van der Waals surface area (Å²) in [5.74, 6) is 1.82. The lowest BCUT2D eigenvalue weighted by Gasteiger charge is -2.29. The van der Waals surface area contributed by atoms with Crippen molar-refractivity contribution in [3.8, 4) is 11.5 Å². The SMILES string of the molecule is CC.CC1(C(N)=O)CCCN1C=O.CCCCC/C=C\CCC(=O)O.CCNC(=O)NC(CN1CCCCS1=O)C1CC1.COc1ccc2c(OC)cc(Cc3csc(NC(C)C)n3)nc2c1. The van der Waals surface area contributed by atoms with E-state index in [1.165, 1.54) is 37.0 Å². The number of aliphatic carboxylic acids is 1. The number of hydrogen-bond acceptors (Lipinski definition) is 11.